The Morgan fingerprint density at radius 3 is 2.79 bits per heavy atom. The zero-order valence-electron chi connectivity index (χ0n) is 11.0. The highest BCUT2D eigenvalue weighted by molar-refractivity contribution is 5.57. The maximum atomic E-state index is 8.94. The first-order chi connectivity index (χ1) is 9.28. The fourth-order valence-electron chi connectivity index (χ4n) is 2.41. The van der Waals surface area contributed by atoms with E-state index in [9.17, 15) is 0 Å². The molecular weight excluding hydrogens is 236 g/mol. The van der Waals surface area contributed by atoms with Gasteiger partial charge in [-0.1, -0.05) is 0 Å². The van der Waals surface area contributed by atoms with E-state index in [1.54, 1.807) is 6.26 Å². The van der Waals surface area contributed by atoms with Crippen molar-refractivity contribution in [2.45, 2.75) is 32.4 Å². The van der Waals surface area contributed by atoms with E-state index >= 15 is 0 Å². The third-order valence-corrected chi connectivity index (χ3v) is 3.53. The predicted octanol–water partition coefficient (Wildman–Crippen LogP) is 3.63. The van der Waals surface area contributed by atoms with E-state index in [0.29, 0.717) is 6.04 Å². The monoisotopic (exact) mass is 252 g/mol. The van der Waals surface area contributed by atoms with Gasteiger partial charge in [-0.05, 0) is 55.7 Å². The minimum atomic E-state index is 0.608. The Morgan fingerprint density at radius 1 is 1.37 bits per heavy atom. The summed E-state index contributed by atoms with van der Waals surface area (Å²) in [4.78, 5) is 2.38. The number of rotatable bonds is 4. The number of nitriles is 1. The van der Waals surface area contributed by atoms with Crippen molar-refractivity contribution in [1.29, 1.82) is 5.26 Å². The van der Waals surface area contributed by atoms with Crippen molar-refractivity contribution in [2.24, 2.45) is 0 Å². The Morgan fingerprint density at radius 2 is 2.21 bits per heavy atom. The third-order valence-electron chi connectivity index (χ3n) is 3.53. The normalized spacial score (nSPS) is 14.1. The molecule has 1 heterocycles. The molecule has 0 atom stereocenters. The predicted molar refractivity (Wildman–Crippen MR) is 73.8 cm³/mol. The number of hydrogen-bond donors (Lipinski definition) is 0. The van der Waals surface area contributed by atoms with Gasteiger partial charge in [0.15, 0.2) is 0 Å². The maximum Gasteiger partial charge on any atom is 0.123 e. The standard InChI is InChI=1S/C16H16N2O/c1-12-9-13(10-17)4-7-16(12)18(14-5-6-14)11-15-3-2-8-19-15/h2-4,7-9,14H,5-6,11H2,1H3. The topological polar surface area (TPSA) is 40.2 Å². The lowest BCUT2D eigenvalue weighted by Gasteiger charge is -2.25. The molecule has 1 aliphatic rings. The maximum absolute atomic E-state index is 8.94. The van der Waals surface area contributed by atoms with E-state index in [1.165, 1.54) is 18.5 Å². The van der Waals surface area contributed by atoms with E-state index in [1.807, 2.05) is 24.3 Å². The largest absolute Gasteiger partial charge is 0.467 e. The van der Waals surface area contributed by atoms with Crippen LogP contribution in [0.25, 0.3) is 0 Å². The molecule has 0 unspecified atom stereocenters. The SMILES string of the molecule is Cc1cc(C#N)ccc1N(Cc1ccco1)C1CC1. The van der Waals surface area contributed by atoms with Crippen molar-refractivity contribution in [3.63, 3.8) is 0 Å². The summed E-state index contributed by atoms with van der Waals surface area (Å²) in [6.45, 7) is 2.86. The van der Waals surface area contributed by atoms with Crippen molar-refractivity contribution in [3.8, 4) is 6.07 Å². The van der Waals surface area contributed by atoms with E-state index in [-0.39, 0.29) is 0 Å². The quantitative estimate of drug-likeness (QED) is 0.834. The molecule has 0 aliphatic heterocycles. The minimum absolute atomic E-state index is 0.608. The Hall–Kier alpha value is -2.21. The highest BCUT2D eigenvalue weighted by Gasteiger charge is 2.30. The van der Waals surface area contributed by atoms with Gasteiger partial charge in [-0.2, -0.15) is 5.26 Å². The molecule has 2 aromatic rings. The summed E-state index contributed by atoms with van der Waals surface area (Å²) in [7, 11) is 0. The molecule has 1 saturated carbocycles. The zero-order chi connectivity index (χ0) is 13.2. The van der Waals surface area contributed by atoms with Crippen LogP contribution in [0.1, 0.15) is 29.7 Å². The van der Waals surface area contributed by atoms with Crippen LogP contribution in [-0.2, 0) is 6.54 Å². The third kappa shape index (κ3) is 2.48. The summed E-state index contributed by atoms with van der Waals surface area (Å²) in [5.41, 5.74) is 3.07. The van der Waals surface area contributed by atoms with Crippen LogP contribution < -0.4 is 4.90 Å². The Bertz CT molecular complexity index is 606. The minimum Gasteiger partial charge on any atom is -0.467 e. The molecule has 0 saturated heterocycles. The van der Waals surface area contributed by atoms with Crippen molar-refractivity contribution in [2.75, 3.05) is 4.90 Å². The number of anilines is 1. The van der Waals surface area contributed by atoms with Gasteiger partial charge in [0.25, 0.3) is 0 Å². The molecular formula is C16H16N2O. The molecule has 0 bridgehead atoms. The molecule has 0 spiro atoms. The van der Waals surface area contributed by atoms with Crippen LogP contribution in [0.2, 0.25) is 0 Å². The first kappa shape index (κ1) is 11.9. The molecule has 0 radical (unpaired) electrons. The second-order valence-electron chi connectivity index (χ2n) is 5.05. The molecule has 3 heteroatoms. The summed E-state index contributed by atoms with van der Waals surface area (Å²) in [6, 6.07) is 12.6. The van der Waals surface area contributed by atoms with Crippen LogP contribution in [0.3, 0.4) is 0 Å². The van der Waals surface area contributed by atoms with E-state index in [2.05, 4.69) is 24.0 Å². The lowest BCUT2D eigenvalue weighted by atomic mass is 10.1. The van der Waals surface area contributed by atoms with Crippen molar-refractivity contribution < 1.29 is 4.42 Å². The summed E-state index contributed by atoms with van der Waals surface area (Å²) < 4.78 is 5.45. The van der Waals surface area contributed by atoms with Crippen LogP contribution in [-0.4, -0.2) is 6.04 Å². The molecule has 1 aliphatic carbocycles. The highest BCUT2D eigenvalue weighted by atomic mass is 16.3. The van der Waals surface area contributed by atoms with Gasteiger partial charge in [0.1, 0.15) is 5.76 Å². The number of aryl methyl sites for hydroxylation is 1. The number of hydrogen-bond acceptors (Lipinski definition) is 3. The number of nitrogens with zero attached hydrogens (tertiary/aromatic N) is 2. The first-order valence-electron chi connectivity index (χ1n) is 6.57. The second kappa shape index (κ2) is 4.81. The summed E-state index contributed by atoms with van der Waals surface area (Å²) in [5.74, 6) is 0.982. The van der Waals surface area contributed by atoms with E-state index in [4.69, 9.17) is 9.68 Å². The first-order valence-corrected chi connectivity index (χ1v) is 6.57. The van der Waals surface area contributed by atoms with Crippen LogP contribution in [0, 0.1) is 18.3 Å². The van der Waals surface area contributed by atoms with Crippen LogP contribution in [0.15, 0.2) is 41.0 Å². The lowest BCUT2D eigenvalue weighted by Crippen LogP contribution is -2.25. The molecule has 3 rings (SSSR count). The van der Waals surface area contributed by atoms with Crippen LogP contribution >= 0.6 is 0 Å². The highest BCUT2D eigenvalue weighted by Crippen LogP contribution is 2.35. The molecule has 1 aromatic carbocycles. The Labute approximate surface area is 113 Å². The van der Waals surface area contributed by atoms with Crippen LogP contribution in [0.4, 0.5) is 5.69 Å². The molecule has 0 amide bonds. The van der Waals surface area contributed by atoms with E-state index in [0.717, 1.165) is 23.4 Å². The average molecular weight is 252 g/mol. The van der Waals surface area contributed by atoms with Gasteiger partial charge in [0, 0.05) is 11.7 Å². The van der Waals surface area contributed by atoms with Gasteiger partial charge in [0.05, 0.1) is 24.4 Å². The number of benzene rings is 1. The van der Waals surface area contributed by atoms with Crippen molar-refractivity contribution >= 4 is 5.69 Å². The van der Waals surface area contributed by atoms with E-state index < -0.39 is 0 Å². The smallest absolute Gasteiger partial charge is 0.123 e. The van der Waals surface area contributed by atoms with Crippen molar-refractivity contribution in [1.82, 2.24) is 0 Å². The van der Waals surface area contributed by atoms with Gasteiger partial charge in [-0.15, -0.1) is 0 Å². The number of furan rings is 1. The van der Waals surface area contributed by atoms with Gasteiger partial charge >= 0.3 is 0 Å². The summed E-state index contributed by atoms with van der Waals surface area (Å²) >= 11 is 0. The molecule has 96 valence electrons. The summed E-state index contributed by atoms with van der Waals surface area (Å²) in [5, 5.41) is 8.94. The fraction of sp³-hybridized carbons (Fsp3) is 0.312. The Kier molecular flexibility index (Phi) is 3.00. The second-order valence-corrected chi connectivity index (χ2v) is 5.05. The Balaban J connectivity index is 1.90. The average Bonchev–Trinajstić information content (AvgIpc) is 3.14. The molecule has 0 N–H and O–H groups in total. The van der Waals surface area contributed by atoms with Gasteiger partial charge in [-0.3, -0.25) is 0 Å². The lowest BCUT2D eigenvalue weighted by molar-refractivity contribution is 0.501. The zero-order valence-corrected chi connectivity index (χ0v) is 11.0. The van der Waals surface area contributed by atoms with Gasteiger partial charge in [-0.25, -0.2) is 0 Å². The fourth-order valence-corrected chi connectivity index (χ4v) is 2.41. The molecule has 3 nitrogen and oxygen atoms in total. The summed E-state index contributed by atoms with van der Waals surface area (Å²) in [6.07, 6.45) is 4.19. The van der Waals surface area contributed by atoms with Crippen LogP contribution in [0.5, 0.6) is 0 Å². The molecule has 1 fully saturated rings. The van der Waals surface area contributed by atoms with Crippen molar-refractivity contribution in [3.05, 3.63) is 53.5 Å². The molecule has 1 aromatic heterocycles. The molecule has 19 heavy (non-hydrogen) atoms. The van der Waals surface area contributed by atoms with Gasteiger partial charge in [0.2, 0.25) is 0 Å². The van der Waals surface area contributed by atoms with Gasteiger partial charge < -0.3 is 9.32 Å².